The third-order valence-corrected chi connectivity index (χ3v) is 6.19. The topological polar surface area (TPSA) is 18.5 Å². The summed E-state index contributed by atoms with van der Waals surface area (Å²) in [6.07, 6.45) is 3.99. The second-order valence-electron chi connectivity index (χ2n) is 8.26. The molecule has 142 valence electrons. The molecule has 1 heterocycles. The molecule has 0 radical (unpaired) electrons. The van der Waals surface area contributed by atoms with Crippen LogP contribution in [0.3, 0.4) is 0 Å². The van der Waals surface area contributed by atoms with Crippen molar-refractivity contribution in [3.63, 3.8) is 0 Å². The highest BCUT2D eigenvalue weighted by Gasteiger charge is 2.49. The van der Waals surface area contributed by atoms with E-state index in [0.717, 1.165) is 10.5 Å². The second kappa shape index (κ2) is 7.11. The van der Waals surface area contributed by atoms with Crippen molar-refractivity contribution < 1.29 is 9.31 Å². The number of benzene rings is 3. The van der Waals surface area contributed by atoms with Crippen molar-refractivity contribution in [3.8, 4) is 0 Å². The van der Waals surface area contributed by atoms with Crippen molar-refractivity contribution in [2.24, 2.45) is 0 Å². The lowest BCUT2D eigenvalue weighted by Crippen LogP contribution is -2.41. The molecule has 0 aliphatic carbocycles. The van der Waals surface area contributed by atoms with Crippen LogP contribution in [0.25, 0.3) is 26.5 Å². The molecule has 28 heavy (non-hydrogen) atoms. The molecule has 1 aliphatic rings. The van der Waals surface area contributed by atoms with Crippen molar-refractivity contribution in [2.75, 3.05) is 0 Å². The largest absolute Gasteiger partial charge is 0.487 e. The Kier molecular flexibility index (Phi) is 4.90. The summed E-state index contributed by atoms with van der Waals surface area (Å²) in [5.41, 5.74) is 0.485. The van der Waals surface area contributed by atoms with E-state index in [4.69, 9.17) is 21.9 Å². The van der Waals surface area contributed by atoms with Crippen LogP contribution in [0.15, 0.2) is 72.7 Å². The maximum atomic E-state index is 6.03. The first-order chi connectivity index (χ1) is 13.3. The number of rotatable bonds is 3. The number of hydrogen-bond donors (Lipinski definition) is 1. The minimum Gasteiger partial charge on any atom is -0.400 e. The van der Waals surface area contributed by atoms with Crippen LogP contribution in [0.5, 0.6) is 0 Å². The molecule has 0 bridgehead atoms. The lowest BCUT2D eigenvalue weighted by atomic mass is 9.90. The van der Waals surface area contributed by atoms with Crippen LogP contribution >= 0.6 is 12.6 Å². The molecule has 3 aromatic rings. The average molecular weight is 388 g/mol. The molecule has 0 aromatic heterocycles. The maximum Gasteiger partial charge on any atom is 0.487 e. The predicted molar refractivity (Wildman–Crippen MR) is 124 cm³/mol. The van der Waals surface area contributed by atoms with E-state index in [-0.39, 0.29) is 18.3 Å². The molecule has 1 fully saturated rings. The van der Waals surface area contributed by atoms with Gasteiger partial charge in [-0.05, 0) is 61.4 Å². The molecule has 2 nitrogen and oxygen atoms in total. The molecule has 0 atom stereocenters. The van der Waals surface area contributed by atoms with E-state index in [1.807, 2.05) is 18.1 Å². The lowest BCUT2D eigenvalue weighted by Gasteiger charge is -2.32. The van der Waals surface area contributed by atoms with Crippen molar-refractivity contribution >= 4 is 46.2 Å². The van der Waals surface area contributed by atoms with Crippen LogP contribution < -0.4 is 0 Å². The van der Waals surface area contributed by atoms with Crippen LogP contribution in [-0.4, -0.2) is 18.3 Å². The van der Waals surface area contributed by atoms with Crippen molar-refractivity contribution in [3.05, 3.63) is 78.3 Å². The molecule has 4 rings (SSSR count). The molecule has 1 saturated heterocycles. The Hall–Kier alpha value is -2.01. The van der Waals surface area contributed by atoms with E-state index in [0.29, 0.717) is 0 Å². The SMILES string of the molecule is CC1(C)OB(/C=C/C=C(\S)c2c3ccccc3cc3ccccc23)OC1(C)C. The van der Waals surface area contributed by atoms with Gasteiger partial charge in [0.1, 0.15) is 0 Å². The van der Waals surface area contributed by atoms with Gasteiger partial charge in [0.15, 0.2) is 0 Å². The normalized spacial score (nSPS) is 19.2. The van der Waals surface area contributed by atoms with Crippen LogP contribution in [0.1, 0.15) is 33.3 Å². The van der Waals surface area contributed by atoms with E-state index < -0.39 is 0 Å². The summed E-state index contributed by atoms with van der Waals surface area (Å²) in [6.45, 7) is 8.23. The Bertz CT molecular complexity index is 1030. The van der Waals surface area contributed by atoms with Crippen molar-refractivity contribution in [1.29, 1.82) is 0 Å². The number of thiol groups is 1. The van der Waals surface area contributed by atoms with Crippen molar-refractivity contribution in [1.82, 2.24) is 0 Å². The summed E-state index contributed by atoms with van der Waals surface area (Å²) < 4.78 is 12.1. The van der Waals surface area contributed by atoms with E-state index in [9.17, 15) is 0 Å². The summed E-state index contributed by atoms with van der Waals surface area (Å²) in [5, 5.41) is 4.83. The fourth-order valence-corrected chi connectivity index (χ4v) is 3.90. The molecule has 0 N–H and O–H groups in total. The molecule has 4 heteroatoms. The minimum absolute atomic E-state index is 0.332. The fourth-order valence-electron chi connectivity index (χ4n) is 3.58. The third kappa shape index (κ3) is 3.41. The average Bonchev–Trinajstić information content (AvgIpc) is 2.86. The quantitative estimate of drug-likeness (QED) is 0.241. The molecule has 0 unspecified atom stereocenters. The Morgan fingerprint density at radius 3 is 1.89 bits per heavy atom. The summed E-state index contributed by atoms with van der Waals surface area (Å²) in [4.78, 5) is 0.917. The molecule has 1 aliphatic heterocycles. The lowest BCUT2D eigenvalue weighted by molar-refractivity contribution is 0.00578. The summed E-state index contributed by atoms with van der Waals surface area (Å²) in [5.74, 6) is 1.94. The van der Waals surface area contributed by atoms with E-state index in [1.165, 1.54) is 21.5 Å². The Morgan fingerprint density at radius 1 is 0.857 bits per heavy atom. The molecular weight excluding hydrogens is 363 g/mol. The number of allylic oxidation sites excluding steroid dienone is 2. The first-order valence-electron chi connectivity index (χ1n) is 9.62. The van der Waals surface area contributed by atoms with Crippen LogP contribution in [0.2, 0.25) is 0 Å². The minimum atomic E-state index is -0.355. The van der Waals surface area contributed by atoms with Crippen LogP contribution in [-0.2, 0) is 9.31 Å². The van der Waals surface area contributed by atoms with Gasteiger partial charge in [-0.1, -0.05) is 60.6 Å². The molecule has 0 saturated carbocycles. The van der Waals surface area contributed by atoms with Gasteiger partial charge in [-0.15, -0.1) is 12.6 Å². The zero-order valence-corrected chi connectivity index (χ0v) is 17.7. The van der Waals surface area contributed by atoms with Gasteiger partial charge in [-0.2, -0.15) is 0 Å². The monoisotopic (exact) mass is 388 g/mol. The van der Waals surface area contributed by atoms with Gasteiger partial charge in [-0.3, -0.25) is 0 Å². The van der Waals surface area contributed by atoms with Gasteiger partial charge in [0.2, 0.25) is 0 Å². The third-order valence-electron chi connectivity index (χ3n) is 5.82. The van der Waals surface area contributed by atoms with Gasteiger partial charge < -0.3 is 9.31 Å². The summed E-state index contributed by atoms with van der Waals surface area (Å²) in [7, 11) is -0.355. The van der Waals surface area contributed by atoms with Crippen LogP contribution in [0, 0.1) is 0 Å². The van der Waals surface area contributed by atoms with E-state index in [1.54, 1.807) is 0 Å². The number of fused-ring (bicyclic) bond motifs is 2. The van der Waals surface area contributed by atoms with Crippen LogP contribution in [0.4, 0.5) is 0 Å². The second-order valence-corrected chi connectivity index (χ2v) is 8.74. The van der Waals surface area contributed by atoms with Gasteiger partial charge >= 0.3 is 7.12 Å². The zero-order valence-electron chi connectivity index (χ0n) is 16.8. The highest BCUT2D eigenvalue weighted by atomic mass is 32.1. The highest BCUT2D eigenvalue weighted by Crippen LogP contribution is 2.37. The van der Waals surface area contributed by atoms with Gasteiger partial charge in [0.25, 0.3) is 0 Å². The Balaban J connectivity index is 1.71. The molecular formula is C24H25BO2S. The standard InChI is InChI=1S/C24H25BO2S/c1-23(2)24(3,4)27-25(26-23)15-9-14-21(28)22-19-12-7-5-10-17(19)16-18-11-6-8-13-20(18)22/h5-16,28H,1-4H3/b15-9+,21-14-. The Labute approximate surface area is 172 Å². The predicted octanol–water partition coefficient (Wildman–Crippen LogP) is 6.45. The summed E-state index contributed by atoms with van der Waals surface area (Å²) in [6, 6.07) is 19.1. The first-order valence-corrected chi connectivity index (χ1v) is 10.1. The zero-order chi connectivity index (χ0) is 19.9. The highest BCUT2D eigenvalue weighted by molar-refractivity contribution is 7.90. The van der Waals surface area contributed by atoms with Crippen molar-refractivity contribution in [2.45, 2.75) is 38.9 Å². The smallest absolute Gasteiger partial charge is 0.400 e. The van der Waals surface area contributed by atoms with Gasteiger partial charge in [0, 0.05) is 10.5 Å². The molecule has 3 aromatic carbocycles. The van der Waals surface area contributed by atoms with Gasteiger partial charge in [-0.25, -0.2) is 0 Å². The van der Waals surface area contributed by atoms with Gasteiger partial charge in [0.05, 0.1) is 11.2 Å². The molecule has 0 amide bonds. The Morgan fingerprint density at radius 2 is 1.36 bits per heavy atom. The molecule has 0 spiro atoms. The number of hydrogen-bond acceptors (Lipinski definition) is 3. The van der Waals surface area contributed by atoms with E-state index in [2.05, 4.69) is 82.3 Å². The summed E-state index contributed by atoms with van der Waals surface area (Å²) >= 11 is 4.84. The van der Waals surface area contributed by atoms with E-state index >= 15 is 0 Å². The maximum absolute atomic E-state index is 6.03. The first kappa shape index (κ1) is 19.3. The fraction of sp³-hybridized carbons (Fsp3) is 0.250.